The number of fused-ring (bicyclic) bond motifs is 9. The number of para-hydroxylation sites is 3. The lowest BCUT2D eigenvalue weighted by atomic mass is 9.63. The minimum absolute atomic E-state index is 0.546. The molecule has 4 aromatic heterocycles. The van der Waals surface area contributed by atoms with Gasteiger partial charge in [0.05, 0.1) is 11.3 Å². The number of furan rings is 2. The maximum atomic E-state index is 7.03. The van der Waals surface area contributed by atoms with Gasteiger partial charge in [-0.25, -0.2) is 15.0 Å². The van der Waals surface area contributed by atoms with Gasteiger partial charge in [0.2, 0.25) is 0 Å². The van der Waals surface area contributed by atoms with Crippen LogP contribution in [-0.4, -0.2) is 82.3 Å². The van der Waals surface area contributed by atoms with Gasteiger partial charge in [-0.05, 0) is 41.1 Å². The van der Waals surface area contributed by atoms with Crippen LogP contribution in [0.4, 0.5) is 0 Å². The van der Waals surface area contributed by atoms with E-state index in [1.54, 1.807) is 0 Å². The molecule has 0 aliphatic rings. The third-order valence-corrected chi connectivity index (χ3v) is 13.3. The van der Waals surface area contributed by atoms with Gasteiger partial charge in [0.15, 0.2) is 23.1 Å². The number of nitrogens with zero attached hydrogens (tertiary/aromatic N) is 4. The Morgan fingerprint density at radius 3 is 1.61 bits per heavy atom. The first-order valence-electron chi connectivity index (χ1n) is 20.3. The Labute approximate surface area is 348 Å². The van der Waals surface area contributed by atoms with Crippen LogP contribution in [-0.2, 0) is 0 Å². The van der Waals surface area contributed by atoms with Crippen LogP contribution >= 0.6 is 0 Å². The van der Waals surface area contributed by atoms with E-state index in [0.717, 1.165) is 66.3 Å². The van der Waals surface area contributed by atoms with Crippen molar-refractivity contribution in [3.8, 4) is 39.9 Å². The lowest BCUT2D eigenvalue weighted by Gasteiger charge is -2.17. The normalized spacial score (nSPS) is 11.9. The van der Waals surface area contributed by atoms with Crippen LogP contribution in [0.5, 0.6) is 0 Å². The summed E-state index contributed by atoms with van der Waals surface area (Å²) in [6, 6.07) is 37.2. The average molecular weight is 749 g/mol. The summed E-state index contributed by atoms with van der Waals surface area (Å²) in [5, 5.41) is 6.85. The molecule has 11 rings (SSSR count). The van der Waals surface area contributed by atoms with Gasteiger partial charge in [0.25, 0.3) is 0 Å². The van der Waals surface area contributed by atoms with Gasteiger partial charge in [-0.15, -0.1) is 10.9 Å². The monoisotopic (exact) mass is 750 g/mol. The molecule has 4 heterocycles. The van der Waals surface area contributed by atoms with E-state index in [4.69, 9.17) is 23.8 Å². The zero-order valence-corrected chi connectivity index (χ0v) is 34.5. The van der Waals surface area contributed by atoms with E-state index in [1.807, 2.05) is 60.7 Å². The summed E-state index contributed by atoms with van der Waals surface area (Å²) < 4.78 is 16.0. The molecular weight excluding hydrogens is 715 g/mol. The number of hydrogen-bond acceptors (Lipinski definition) is 5. The summed E-state index contributed by atoms with van der Waals surface area (Å²) in [5.74, 6) is 1.69. The molecule has 0 unspecified atom stereocenters. The topological polar surface area (TPSA) is 69.9 Å². The molecule has 11 aromatic rings. The van der Waals surface area contributed by atoms with E-state index in [9.17, 15) is 0 Å². The molecule has 0 saturated carbocycles. The van der Waals surface area contributed by atoms with Crippen molar-refractivity contribution in [1.82, 2.24) is 19.5 Å². The predicted octanol–water partition coefficient (Wildman–Crippen LogP) is -2.16. The van der Waals surface area contributed by atoms with E-state index in [0.29, 0.717) is 17.5 Å². The third-order valence-electron chi connectivity index (χ3n) is 13.3. The van der Waals surface area contributed by atoms with Gasteiger partial charge in [0, 0.05) is 43.7 Å². The number of benzene rings is 7. The minimum atomic E-state index is 0.546. The Bertz CT molecular complexity index is 3540. The highest BCUT2D eigenvalue weighted by molar-refractivity contribution is 6.71. The van der Waals surface area contributed by atoms with E-state index in [2.05, 4.69) is 116 Å². The Morgan fingerprint density at radius 1 is 0.390 bits per heavy atom. The van der Waals surface area contributed by atoms with Crippen molar-refractivity contribution < 1.29 is 8.83 Å². The molecule has 0 amide bonds. The largest absolute Gasteiger partial charge is 0.455 e. The fraction of sp³-hybridized carbons (Fsp3) is 0. The standard InChI is InChI=1S/C45H34B8N4O2/c46-31-29-30-32(47)34(49)36(51)38(53)40(30)57(39(29)37(52)35(50)33(31)48)26-14-7-12-24-22-17-16-20(18-28(22)59-42(24)26)44-54-43(19-8-2-1-3-9-19)55-45(56-44)25-13-6-11-23-21-10-4-5-15-27(21)58-41(23)25/h1-18H,46-53H2. The molecule has 270 valence electrons. The van der Waals surface area contributed by atoms with Crippen LogP contribution in [0, 0.1) is 0 Å². The third kappa shape index (κ3) is 5.08. The molecule has 0 N–H and O–H groups in total. The highest BCUT2D eigenvalue weighted by Crippen LogP contribution is 2.39. The van der Waals surface area contributed by atoms with Crippen LogP contribution in [0.1, 0.15) is 0 Å². The lowest BCUT2D eigenvalue weighted by molar-refractivity contribution is 0.666. The van der Waals surface area contributed by atoms with Crippen LogP contribution < -0.4 is 43.7 Å². The molecule has 59 heavy (non-hydrogen) atoms. The average Bonchev–Trinajstić information content (AvgIpc) is 3.96. The Balaban J connectivity index is 1.15. The molecule has 6 nitrogen and oxygen atoms in total. The molecule has 0 aliphatic carbocycles. The molecule has 0 bridgehead atoms. The van der Waals surface area contributed by atoms with E-state index in [1.165, 1.54) is 65.5 Å². The molecule has 7 aromatic carbocycles. The summed E-state index contributed by atoms with van der Waals surface area (Å²) in [6.07, 6.45) is 0. The zero-order chi connectivity index (χ0) is 40.4. The number of rotatable bonds is 4. The first-order chi connectivity index (χ1) is 28.6. The second-order valence-corrected chi connectivity index (χ2v) is 16.2. The highest BCUT2D eigenvalue weighted by atomic mass is 16.3. The van der Waals surface area contributed by atoms with Gasteiger partial charge in [-0.1, -0.05) is 112 Å². The van der Waals surface area contributed by atoms with Crippen molar-refractivity contribution in [3.05, 3.63) is 109 Å². The minimum Gasteiger partial charge on any atom is -0.455 e. The summed E-state index contributed by atoms with van der Waals surface area (Å²) in [4.78, 5) is 15.3. The molecule has 0 fully saturated rings. The van der Waals surface area contributed by atoms with Crippen molar-refractivity contribution in [2.24, 2.45) is 0 Å². The van der Waals surface area contributed by atoms with Crippen molar-refractivity contribution in [2.45, 2.75) is 0 Å². The van der Waals surface area contributed by atoms with Gasteiger partial charge >= 0.3 is 0 Å². The molecule has 0 spiro atoms. The second kappa shape index (κ2) is 13.0. The predicted molar refractivity (Wildman–Crippen MR) is 270 cm³/mol. The maximum Gasteiger partial charge on any atom is 0.167 e. The van der Waals surface area contributed by atoms with Gasteiger partial charge in [-0.3, -0.25) is 0 Å². The fourth-order valence-corrected chi connectivity index (χ4v) is 9.47. The molecule has 0 saturated heterocycles. The second-order valence-electron chi connectivity index (χ2n) is 16.2. The Morgan fingerprint density at radius 2 is 0.915 bits per heavy atom. The first kappa shape index (κ1) is 35.6. The smallest absolute Gasteiger partial charge is 0.167 e. The van der Waals surface area contributed by atoms with Crippen LogP contribution in [0.15, 0.2) is 118 Å². The Hall–Kier alpha value is -6.53. The van der Waals surface area contributed by atoms with Crippen LogP contribution in [0.2, 0.25) is 0 Å². The Kier molecular flexibility index (Phi) is 7.84. The van der Waals surface area contributed by atoms with Crippen molar-refractivity contribution in [1.29, 1.82) is 0 Å². The van der Waals surface area contributed by atoms with E-state index in [-0.39, 0.29) is 0 Å². The van der Waals surface area contributed by atoms with Gasteiger partial charge in [-0.2, -0.15) is 0 Å². The highest BCUT2D eigenvalue weighted by Gasteiger charge is 2.25. The quantitative estimate of drug-likeness (QED) is 0.192. The molecule has 0 radical (unpaired) electrons. The summed E-state index contributed by atoms with van der Waals surface area (Å²) in [7, 11) is 18.2. The SMILES string of the molecule is Bc1c(B)c(B)c2c(c1B)c1c(B)c(B)c(B)c(B)c1n2-c1cccc2c1oc1cc(-c3nc(-c4ccccc4)nc(-c4cccc5c4oc4ccccc45)n3)ccc12. The van der Waals surface area contributed by atoms with Crippen LogP contribution in [0.25, 0.3) is 106 Å². The van der Waals surface area contributed by atoms with Crippen molar-refractivity contribution in [2.75, 3.05) is 0 Å². The van der Waals surface area contributed by atoms with Crippen LogP contribution in [0.3, 0.4) is 0 Å². The lowest BCUT2D eigenvalue weighted by Crippen LogP contribution is -2.49. The van der Waals surface area contributed by atoms with Crippen molar-refractivity contribution in [3.63, 3.8) is 0 Å². The van der Waals surface area contributed by atoms with Crippen molar-refractivity contribution >= 4 is 172 Å². The maximum absolute atomic E-state index is 7.03. The van der Waals surface area contributed by atoms with Gasteiger partial charge in [0.1, 0.15) is 79.5 Å². The molecule has 0 aliphatic heterocycles. The summed E-state index contributed by atoms with van der Waals surface area (Å²) in [5.41, 5.74) is 19.9. The fourth-order valence-electron chi connectivity index (χ4n) is 9.47. The van der Waals surface area contributed by atoms with E-state index >= 15 is 0 Å². The zero-order valence-electron chi connectivity index (χ0n) is 34.5. The van der Waals surface area contributed by atoms with Gasteiger partial charge < -0.3 is 13.4 Å². The molecular formula is C45H34B8N4O2. The molecule has 0 atom stereocenters. The van der Waals surface area contributed by atoms with E-state index < -0.39 is 0 Å². The first-order valence-corrected chi connectivity index (χ1v) is 20.3. The molecule has 14 heteroatoms. The number of aromatic nitrogens is 4. The number of hydrogen-bond donors (Lipinski definition) is 0. The summed E-state index contributed by atoms with van der Waals surface area (Å²) in [6.45, 7) is 0. The summed E-state index contributed by atoms with van der Waals surface area (Å²) >= 11 is 0.